The Labute approximate surface area is 137 Å². The van der Waals surface area contributed by atoms with Gasteiger partial charge in [0, 0.05) is 5.02 Å². The van der Waals surface area contributed by atoms with Crippen molar-refractivity contribution in [1.29, 1.82) is 0 Å². The first-order valence-corrected chi connectivity index (χ1v) is 7.35. The van der Waals surface area contributed by atoms with Crippen molar-refractivity contribution in [2.24, 2.45) is 0 Å². The first-order valence-electron chi connectivity index (χ1n) is 6.97. The third-order valence-corrected chi connectivity index (χ3v) is 4.63. The molecule has 9 heteroatoms. The lowest BCUT2D eigenvalue weighted by Crippen LogP contribution is -2.72. The van der Waals surface area contributed by atoms with E-state index >= 15 is 0 Å². The average Bonchev–Trinajstić information content (AvgIpc) is 2.99. The summed E-state index contributed by atoms with van der Waals surface area (Å²) in [6, 6.07) is 6.96. The highest BCUT2D eigenvalue weighted by atomic mass is 35.5. The van der Waals surface area contributed by atoms with Crippen molar-refractivity contribution in [3.05, 3.63) is 57.6 Å². The molecule has 1 aromatic carbocycles. The van der Waals surface area contributed by atoms with E-state index in [9.17, 15) is 10.1 Å². The molecule has 1 aromatic heterocycles. The Morgan fingerprint density at radius 3 is 2.70 bits per heavy atom. The van der Waals surface area contributed by atoms with Crippen molar-refractivity contribution < 1.29 is 14.7 Å². The standard InChI is InChI=1S/C14H15ClN4O4/c1-10-13(2,23-19(20)21)14(22-10,7-18-9-16-8-17-18)11-3-5-12(15)6-4-11/h3-6,8-10H,7H2,1-2H3/t10-,13+,14+/m1/s1. The Kier molecular flexibility index (Phi) is 3.73. The molecule has 0 saturated carbocycles. The second-order valence-corrected chi connectivity index (χ2v) is 6.05. The van der Waals surface area contributed by atoms with E-state index < -0.39 is 22.4 Å². The highest BCUT2D eigenvalue weighted by Gasteiger charge is 2.67. The molecule has 8 nitrogen and oxygen atoms in total. The molecule has 3 rings (SSSR count). The molecule has 0 N–H and O–H groups in total. The number of nitrogens with zero attached hydrogens (tertiary/aromatic N) is 4. The number of hydrogen-bond acceptors (Lipinski definition) is 6. The molecule has 23 heavy (non-hydrogen) atoms. The number of aromatic nitrogens is 3. The van der Waals surface area contributed by atoms with Crippen LogP contribution in [0.3, 0.4) is 0 Å². The third kappa shape index (κ3) is 2.43. The van der Waals surface area contributed by atoms with Crippen molar-refractivity contribution >= 4 is 11.6 Å². The summed E-state index contributed by atoms with van der Waals surface area (Å²) < 4.78 is 7.54. The molecule has 122 valence electrons. The molecular weight excluding hydrogens is 324 g/mol. The fourth-order valence-electron chi connectivity index (χ4n) is 3.01. The van der Waals surface area contributed by atoms with Crippen molar-refractivity contribution in [1.82, 2.24) is 14.8 Å². The van der Waals surface area contributed by atoms with Gasteiger partial charge < -0.3 is 9.57 Å². The number of hydrogen-bond donors (Lipinski definition) is 0. The minimum absolute atomic E-state index is 0.226. The van der Waals surface area contributed by atoms with Gasteiger partial charge in [-0.15, -0.1) is 10.1 Å². The van der Waals surface area contributed by atoms with Crippen molar-refractivity contribution in [2.45, 2.75) is 37.7 Å². The van der Waals surface area contributed by atoms with Crippen molar-refractivity contribution in [3.63, 3.8) is 0 Å². The number of benzene rings is 1. The second kappa shape index (κ2) is 5.47. The summed E-state index contributed by atoms with van der Waals surface area (Å²) in [6.45, 7) is 3.62. The minimum Gasteiger partial charge on any atom is -0.360 e. The van der Waals surface area contributed by atoms with Crippen LogP contribution in [0, 0.1) is 10.1 Å². The van der Waals surface area contributed by atoms with Gasteiger partial charge in [0.05, 0.1) is 12.6 Å². The molecule has 2 heterocycles. The van der Waals surface area contributed by atoms with Gasteiger partial charge in [0.1, 0.15) is 18.3 Å². The first-order chi connectivity index (χ1) is 10.9. The summed E-state index contributed by atoms with van der Waals surface area (Å²) in [4.78, 5) is 19.9. The van der Waals surface area contributed by atoms with Gasteiger partial charge in [-0.3, -0.25) is 0 Å². The van der Waals surface area contributed by atoms with E-state index in [2.05, 4.69) is 10.1 Å². The maximum absolute atomic E-state index is 11.0. The van der Waals surface area contributed by atoms with Gasteiger partial charge in [0.25, 0.3) is 5.09 Å². The maximum atomic E-state index is 11.0. The molecule has 1 aliphatic rings. The highest BCUT2D eigenvalue weighted by Crippen LogP contribution is 2.53. The van der Waals surface area contributed by atoms with E-state index in [-0.39, 0.29) is 6.54 Å². The van der Waals surface area contributed by atoms with E-state index in [1.807, 2.05) is 0 Å². The first kappa shape index (κ1) is 15.7. The third-order valence-electron chi connectivity index (χ3n) is 4.38. The van der Waals surface area contributed by atoms with Gasteiger partial charge in [0.2, 0.25) is 0 Å². The molecule has 2 aromatic rings. The summed E-state index contributed by atoms with van der Waals surface area (Å²) >= 11 is 5.94. The monoisotopic (exact) mass is 338 g/mol. The molecule has 0 amide bonds. The van der Waals surface area contributed by atoms with Crippen LogP contribution in [0.1, 0.15) is 19.4 Å². The van der Waals surface area contributed by atoms with Crippen LogP contribution in [0.5, 0.6) is 0 Å². The molecule has 0 bridgehead atoms. The van der Waals surface area contributed by atoms with Gasteiger partial charge in [-0.05, 0) is 31.5 Å². The normalized spacial score (nSPS) is 29.8. The van der Waals surface area contributed by atoms with Crippen LogP contribution in [0.15, 0.2) is 36.9 Å². The second-order valence-electron chi connectivity index (χ2n) is 5.61. The topological polar surface area (TPSA) is 92.3 Å². The highest BCUT2D eigenvalue weighted by molar-refractivity contribution is 6.30. The zero-order valence-corrected chi connectivity index (χ0v) is 13.3. The van der Waals surface area contributed by atoms with Crippen LogP contribution in [-0.2, 0) is 21.7 Å². The lowest BCUT2D eigenvalue weighted by Gasteiger charge is -2.59. The maximum Gasteiger partial charge on any atom is 0.295 e. The van der Waals surface area contributed by atoms with Gasteiger partial charge in [-0.2, -0.15) is 5.10 Å². The summed E-state index contributed by atoms with van der Waals surface area (Å²) in [7, 11) is 0. The van der Waals surface area contributed by atoms with E-state index in [1.165, 1.54) is 12.7 Å². The lowest BCUT2D eigenvalue weighted by atomic mass is 9.70. The number of halogens is 1. The SMILES string of the molecule is C[C@H]1O[C@@](Cn2cncn2)(c2ccc(Cl)cc2)[C@@]1(C)O[N+](=O)[O-]. The fraction of sp³-hybridized carbons (Fsp3) is 0.429. The van der Waals surface area contributed by atoms with Gasteiger partial charge in [0.15, 0.2) is 5.60 Å². The molecule has 3 atom stereocenters. The zero-order chi connectivity index (χ0) is 16.7. The smallest absolute Gasteiger partial charge is 0.295 e. The predicted octanol–water partition coefficient (Wildman–Crippen LogP) is 2.21. The number of rotatable bonds is 5. The van der Waals surface area contributed by atoms with Crippen LogP contribution in [0.2, 0.25) is 5.02 Å². The van der Waals surface area contributed by atoms with Gasteiger partial charge in [-0.25, -0.2) is 9.67 Å². The van der Waals surface area contributed by atoms with Crippen LogP contribution in [0.25, 0.3) is 0 Å². The molecule has 1 aliphatic heterocycles. The van der Waals surface area contributed by atoms with E-state index in [1.54, 1.807) is 42.8 Å². The summed E-state index contributed by atoms with van der Waals surface area (Å²) in [5, 5.41) is 14.8. The zero-order valence-electron chi connectivity index (χ0n) is 12.5. The van der Waals surface area contributed by atoms with Crippen LogP contribution < -0.4 is 0 Å². The van der Waals surface area contributed by atoms with Gasteiger partial charge in [-0.1, -0.05) is 23.7 Å². The molecular formula is C14H15ClN4O4. The molecule has 0 unspecified atom stereocenters. The Bertz CT molecular complexity index is 708. The van der Waals surface area contributed by atoms with E-state index in [4.69, 9.17) is 21.2 Å². The summed E-state index contributed by atoms with van der Waals surface area (Å²) in [6.07, 6.45) is 2.45. The lowest BCUT2D eigenvalue weighted by molar-refractivity contribution is -0.799. The predicted molar refractivity (Wildman–Crippen MR) is 80.2 cm³/mol. The van der Waals surface area contributed by atoms with Crippen LogP contribution >= 0.6 is 11.6 Å². The Hall–Kier alpha value is -2.19. The minimum atomic E-state index is -1.17. The van der Waals surface area contributed by atoms with Gasteiger partial charge >= 0.3 is 0 Å². The van der Waals surface area contributed by atoms with Crippen molar-refractivity contribution in [2.75, 3.05) is 0 Å². The van der Waals surface area contributed by atoms with Crippen molar-refractivity contribution in [3.8, 4) is 0 Å². The quantitative estimate of drug-likeness (QED) is 0.613. The van der Waals surface area contributed by atoms with E-state index in [0.717, 1.165) is 5.56 Å². The number of ether oxygens (including phenoxy) is 1. The largest absolute Gasteiger partial charge is 0.360 e. The average molecular weight is 339 g/mol. The fourth-order valence-corrected chi connectivity index (χ4v) is 3.13. The summed E-state index contributed by atoms with van der Waals surface area (Å²) in [5.74, 6) is 0. The van der Waals surface area contributed by atoms with Crippen LogP contribution in [0.4, 0.5) is 0 Å². The van der Waals surface area contributed by atoms with Crippen LogP contribution in [-0.4, -0.2) is 31.6 Å². The molecule has 0 radical (unpaired) electrons. The molecule has 0 spiro atoms. The summed E-state index contributed by atoms with van der Waals surface area (Å²) in [5.41, 5.74) is -1.52. The molecule has 1 fully saturated rings. The Balaban J connectivity index is 2.07. The molecule has 0 aliphatic carbocycles. The Morgan fingerprint density at radius 1 is 1.48 bits per heavy atom. The Morgan fingerprint density at radius 2 is 2.17 bits per heavy atom. The molecule has 1 saturated heterocycles. The van der Waals surface area contributed by atoms with E-state index in [0.29, 0.717) is 5.02 Å².